The van der Waals surface area contributed by atoms with Gasteiger partial charge in [0, 0.05) is 37.6 Å². The van der Waals surface area contributed by atoms with Crippen LogP contribution < -0.4 is 87.6 Å². The Morgan fingerprint density at radius 2 is 1.74 bits per heavy atom. The summed E-state index contributed by atoms with van der Waals surface area (Å²) in [6.45, 7) is 1.63. The average Bonchev–Trinajstić information content (AvgIpc) is 3.57. The van der Waals surface area contributed by atoms with Crippen molar-refractivity contribution >= 4 is 69.1 Å². The number of phosphoric acid groups is 3. The number of carbonyl (C=O) groups is 3. The van der Waals surface area contributed by atoms with Crippen LogP contribution in [0.1, 0.15) is 33.4 Å². The Morgan fingerprint density at radius 1 is 1.09 bits per heavy atom. The molecule has 24 nitrogen and oxygen atoms in total. The number of hydrogen-bond acceptors (Lipinski definition) is 21. The van der Waals surface area contributed by atoms with E-state index in [1.54, 1.807) is 0 Å². The molecule has 3 heterocycles. The van der Waals surface area contributed by atoms with Crippen LogP contribution >= 0.6 is 35.2 Å². The molecule has 0 aromatic carbocycles. The molecule has 0 spiro atoms. The van der Waals surface area contributed by atoms with E-state index >= 15 is 0 Å². The number of thioether (sulfide) groups is 1. The van der Waals surface area contributed by atoms with Gasteiger partial charge in [0.1, 0.15) is 36.3 Å². The zero-order valence-electron chi connectivity index (χ0n) is 30.0. The second-order valence-electron chi connectivity index (χ2n) is 11.3. The first-order valence-corrected chi connectivity index (χ1v) is 19.9. The van der Waals surface area contributed by atoms with Crippen LogP contribution in [-0.4, -0.2) is 108 Å². The van der Waals surface area contributed by atoms with E-state index in [9.17, 15) is 57.9 Å². The molecule has 31 heteroatoms. The smallest absolute Gasteiger partial charge is 0.790 e. The van der Waals surface area contributed by atoms with Crippen molar-refractivity contribution in [3.8, 4) is 0 Å². The number of aliphatic hydroxyl groups is 2. The largest absolute Gasteiger partial charge is 1.00 e. The van der Waals surface area contributed by atoms with Crippen molar-refractivity contribution in [3.05, 3.63) is 12.7 Å². The third kappa shape index (κ3) is 16.3. The Morgan fingerprint density at radius 3 is 2.35 bits per heavy atom. The molecule has 2 amide bonds. The Labute approximate surface area is 348 Å². The van der Waals surface area contributed by atoms with Crippen LogP contribution in [0.2, 0.25) is 0 Å². The predicted molar refractivity (Wildman–Crippen MR) is 166 cm³/mol. The van der Waals surface area contributed by atoms with Crippen molar-refractivity contribution in [2.24, 2.45) is 5.41 Å². The van der Waals surface area contributed by atoms with Crippen LogP contribution in [0.25, 0.3) is 11.2 Å². The quantitative estimate of drug-likeness (QED) is 0.0331. The number of nitrogens with one attached hydrogen (secondary N) is 2. The summed E-state index contributed by atoms with van der Waals surface area (Å²) in [5, 5.41) is 25.9. The maximum Gasteiger partial charge on any atom is 1.00 e. The normalized spacial score (nSPS) is 21.4. The van der Waals surface area contributed by atoms with Gasteiger partial charge in [0.25, 0.3) is 7.82 Å². The minimum Gasteiger partial charge on any atom is -0.790 e. The Bertz CT molecular complexity index is 1730. The third-order valence-electron chi connectivity index (χ3n) is 6.79. The number of imidazole rings is 1. The SMILES string of the molecule is CC(C)(COP(=O)([O-])OP(=O)(O)OCC1OC(n2cnc3c(N)ncnc32)C(O)C1OP(=O)([O-])[O-])C(O)C(=O)NCCC(=O)NCCS[13C]([13CH3])=O.[Li+].[Li+].[Li+]. The number of nitrogen functional groups attached to an aromatic ring is 1. The number of nitrogens with zero attached hydrogens (tertiary/aromatic N) is 4. The number of carbonyl (C=O) groups excluding carboxylic acids is 3. The predicted octanol–water partition coefficient (Wildman–Crippen LogP) is -12.2. The molecule has 54 heavy (non-hydrogen) atoms. The van der Waals surface area contributed by atoms with Crippen molar-refractivity contribution in [2.45, 2.75) is 57.8 Å². The molecule has 1 fully saturated rings. The van der Waals surface area contributed by atoms with Gasteiger partial charge in [0.05, 0.1) is 27.4 Å². The molecule has 7 unspecified atom stereocenters. The fraction of sp³-hybridized carbons (Fsp3) is 0.652. The first-order chi connectivity index (χ1) is 23.5. The molecule has 0 aliphatic carbocycles. The summed E-state index contributed by atoms with van der Waals surface area (Å²) in [5.41, 5.74) is 4.12. The van der Waals surface area contributed by atoms with Gasteiger partial charge in [-0.2, -0.15) is 0 Å². The fourth-order valence-corrected chi connectivity index (χ4v) is 7.57. The van der Waals surface area contributed by atoms with Crippen LogP contribution in [0.15, 0.2) is 12.7 Å². The number of phosphoric ester groups is 3. The summed E-state index contributed by atoms with van der Waals surface area (Å²) in [4.78, 5) is 92.1. The van der Waals surface area contributed by atoms with Gasteiger partial charge in [-0.25, -0.2) is 23.8 Å². The van der Waals surface area contributed by atoms with Gasteiger partial charge in [-0.15, -0.1) is 0 Å². The van der Waals surface area contributed by atoms with Gasteiger partial charge in [-0.3, -0.25) is 28.0 Å². The molecule has 3 rings (SSSR count). The molecule has 1 saturated heterocycles. The van der Waals surface area contributed by atoms with Gasteiger partial charge < -0.3 is 64.5 Å². The average molecular weight is 829 g/mol. The van der Waals surface area contributed by atoms with E-state index in [-0.39, 0.29) is 98.2 Å². The van der Waals surface area contributed by atoms with Crippen molar-refractivity contribution in [2.75, 3.05) is 37.8 Å². The molecule has 2 aromatic heterocycles. The molecule has 7 atom stereocenters. The van der Waals surface area contributed by atoms with Crippen LogP contribution in [0.4, 0.5) is 5.82 Å². The molecule has 0 bridgehead atoms. The Balaban J connectivity index is 0.00000936. The number of rotatable bonds is 19. The number of fused-ring (bicyclic) bond motifs is 1. The number of nitrogens with two attached hydrogens (primary N) is 1. The summed E-state index contributed by atoms with van der Waals surface area (Å²) in [5.74, 6) is -1.16. The molecule has 2 aromatic rings. The summed E-state index contributed by atoms with van der Waals surface area (Å²) in [7, 11) is -17.2. The standard InChI is InChI=1S/C23H38N7O17P3S.3Li/c1-12(31)51-7-6-25-14(32)4-5-26-21(35)18(34)23(2,3)9-44-50(41,42)47-49(39,40)43-8-13-17(46-48(36,37)38)16(33)22(45-13)30-11-29-15-19(24)27-10-28-20(15)30;;;/h10-11,13,16-18,22,33-34H,4-9H2,1-3H3,(H,25,32)(H,26,35)(H,39,40)(H,41,42)(H2,24,27,28)(H2,36,37,38);;;/q;3*+1/p-3/i1+1,12+1;;;. The topological polar surface area (TPSA) is 372 Å². The summed E-state index contributed by atoms with van der Waals surface area (Å²) < 4.78 is 60.7. The number of ether oxygens (including phenoxy) is 1. The van der Waals surface area contributed by atoms with Crippen LogP contribution in [0.5, 0.6) is 0 Å². The zero-order valence-corrected chi connectivity index (χ0v) is 33.5. The molecule has 0 saturated carbocycles. The monoisotopic (exact) mass is 829 g/mol. The number of amides is 2. The minimum atomic E-state index is -5.83. The van der Waals surface area contributed by atoms with Crippen molar-refractivity contribution in [1.29, 1.82) is 0 Å². The van der Waals surface area contributed by atoms with E-state index in [0.717, 1.165) is 29.0 Å². The van der Waals surface area contributed by atoms with E-state index in [1.807, 2.05) is 0 Å². The molecule has 1 aliphatic heterocycles. The first-order valence-electron chi connectivity index (χ1n) is 14.5. The fourth-order valence-electron chi connectivity index (χ4n) is 4.31. The van der Waals surface area contributed by atoms with Crippen LogP contribution in [-0.2, 0) is 50.7 Å². The van der Waals surface area contributed by atoms with Crippen molar-refractivity contribution in [3.63, 3.8) is 0 Å². The number of aromatic nitrogens is 4. The van der Waals surface area contributed by atoms with Gasteiger partial charge in [0.2, 0.25) is 11.8 Å². The van der Waals surface area contributed by atoms with E-state index in [4.69, 9.17) is 10.5 Å². The van der Waals surface area contributed by atoms with Gasteiger partial charge in [-0.1, -0.05) is 25.6 Å². The van der Waals surface area contributed by atoms with Crippen molar-refractivity contribution in [1.82, 2.24) is 30.2 Å². The molecule has 7 N–H and O–H groups in total. The minimum absolute atomic E-state index is 0. The molecule has 1 aliphatic rings. The maximum atomic E-state index is 12.5. The molecule has 0 radical (unpaired) electrons. The van der Waals surface area contributed by atoms with E-state index in [2.05, 4.69) is 43.5 Å². The van der Waals surface area contributed by atoms with Gasteiger partial charge in [0.15, 0.2) is 22.8 Å². The van der Waals surface area contributed by atoms with Gasteiger partial charge in [-0.05, 0) is 0 Å². The third-order valence-corrected chi connectivity index (χ3v) is 10.7. The maximum absolute atomic E-state index is 12.5. The van der Waals surface area contributed by atoms with Crippen LogP contribution in [0.3, 0.4) is 0 Å². The Kier molecular flexibility index (Phi) is 22.2. The summed E-state index contributed by atoms with van der Waals surface area (Å²) in [6, 6.07) is 0. The number of aliphatic hydroxyl groups excluding tert-OH is 2. The first kappa shape index (κ1) is 53.4. The van der Waals surface area contributed by atoms with E-state index < -0.39 is 84.6 Å². The van der Waals surface area contributed by atoms with Crippen molar-refractivity contribution < 1.29 is 137 Å². The molecular weight excluding hydrogens is 794 g/mol. The molecular formula is C23H35Li3N7O17P3S. The summed E-state index contributed by atoms with van der Waals surface area (Å²) in [6.07, 6.45) is -7.40. The van der Waals surface area contributed by atoms with E-state index in [1.165, 1.54) is 20.8 Å². The number of anilines is 1. The van der Waals surface area contributed by atoms with Crippen LogP contribution in [0, 0.1) is 5.41 Å². The Hall–Kier alpha value is -0.648. The van der Waals surface area contributed by atoms with E-state index in [0.29, 0.717) is 5.75 Å². The summed E-state index contributed by atoms with van der Waals surface area (Å²) >= 11 is 1.02. The molecule has 288 valence electrons. The van der Waals surface area contributed by atoms with Gasteiger partial charge >= 0.3 is 64.4 Å². The second-order valence-corrected chi connectivity index (χ2v) is 16.7. The second kappa shape index (κ2) is 22.5. The number of hydrogen-bond donors (Lipinski definition) is 6. The zero-order chi connectivity index (χ0) is 38.4.